The van der Waals surface area contributed by atoms with Crippen LogP contribution in [-0.4, -0.2) is 27.0 Å². The van der Waals surface area contributed by atoms with E-state index in [0.29, 0.717) is 30.4 Å². The van der Waals surface area contributed by atoms with E-state index in [1.807, 2.05) is 6.07 Å². The predicted molar refractivity (Wildman–Crippen MR) is 111 cm³/mol. The topological polar surface area (TPSA) is 128 Å². The Morgan fingerprint density at radius 2 is 1.57 bits per heavy atom. The molecule has 1 aliphatic rings. The summed E-state index contributed by atoms with van der Waals surface area (Å²) in [5.41, 5.74) is 6.53. The number of amides is 2. The SMILES string of the molecule is NNC(=O)C1CCCC(C(=O)N(Cc2ccccc2O)NCc2ccccc2O)C1. The van der Waals surface area contributed by atoms with Crippen LogP contribution in [0.4, 0.5) is 0 Å². The van der Waals surface area contributed by atoms with Gasteiger partial charge in [0.05, 0.1) is 6.54 Å². The third kappa shape index (κ3) is 5.28. The number of phenols is 2. The number of hydrazine groups is 2. The predicted octanol–water partition coefficient (Wildman–Crippen LogP) is 1.93. The summed E-state index contributed by atoms with van der Waals surface area (Å²) in [6.07, 6.45) is 2.58. The molecule has 3 rings (SSSR count). The first-order valence-corrected chi connectivity index (χ1v) is 10.1. The summed E-state index contributed by atoms with van der Waals surface area (Å²) in [6, 6.07) is 13.7. The first-order chi connectivity index (χ1) is 14.5. The molecule has 8 nitrogen and oxygen atoms in total. The van der Waals surface area contributed by atoms with Gasteiger partial charge in [-0.15, -0.1) is 0 Å². The molecule has 0 radical (unpaired) electrons. The Kier molecular flexibility index (Phi) is 7.26. The molecule has 2 unspecified atom stereocenters. The van der Waals surface area contributed by atoms with Gasteiger partial charge in [-0.05, 0) is 31.4 Å². The molecular formula is C22H28N4O4. The summed E-state index contributed by atoms with van der Waals surface area (Å²) in [5, 5.41) is 21.7. The van der Waals surface area contributed by atoms with Crippen LogP contribution < -0.4 is 16.7 Å². The summed E-state index contributed by atoms with van der Waals surface area (Å²) in [5.74, 6) is 4.49. The summed E-state index contributed by atoms with van der Waals surface area (Å²) in [7, 11) is 0. The van der Waals surface area contributed by atoms with E-state index < -0.39 is 0 Å². The molecule has 160 valence electrons. The van der Waals surface area contributed by atoms with Crippen molar-refractivity contribution in [2.24, 2.45) is 17.7 Å². The first kappa shape index (κ1) is 21.6. The fraction of sp³-hybridized carbons (Fsp3) is 0.364. The molecule has 2 aromatic carbocycles. The first-order valence-electron chi connectivity index (χ1n) is 10.1. The average molecular weight is 412 g/mol. The van der Waals surface area contributed by atoms with Gasteiger partial charge in [0.25, 0.3) is 0 Å². The number of rotatable bonds is 7. The monoisotopic (exact) mass is 412 g/mol. The van der Waals surface area contributed by atoms with Gasteiger partial charge >= 0.3 is 0 Å². The highest BCUT2D eigenvalue weighted by Crippen LogP contribution is 2.31. The average Bonchev–Trinajstić information content (AvgIpc) is 2.78. The van der Waals surface area contributed by atoms with Crippen molar-refractivity contribution in [3.05, 3.63) is 59.7 Å². The van der Waals surface area contributed by atoms with E-state index in [9.17, 15) is 19.8 Å². The molecule has 2 amide bonds. The molecule has 0 aromatic heterocycles. The van der Waals surface area contributed by atoms with Gasteiger partial charge in [-0.3, -0.25) is 20.0 Å². The van der Waals surface area contributed by atoms with Crippen LogP contribution in [0, 0.1) is 11.8 Å². The molecule has 1 fully saturated rings. The van der Waals surface area contributed by atoms with Crippen LogP contribution in [-0.2, 0) is 22.7 Å². The number of hydrogen-bond acceptors (Lipinski definition) is 6. The van der Waals surface area contributed by atoms with Crippen molar-refractivity contribution in [3.8, 4) is 11.5 Å². The van der Waals surface area contributed by atoms with E-state index in [1.165, 1.54) is 5.01 Å². The van der Waals surface area contributed by atoms with Crippen molar-refractivity contribution >= 4 is 11.8 Å². The maximum Gasteiger partial charge on any atom is 0.240 e. The van der Waals surface area contributed by atoms with Crippen molar-refractivity contribution in [2.45, 2.75) is 38.8 Å². The summed E-state index contributed by atoms with van der Waals surface area (Å²) in [4.78, 5) is 25.3. The Morgan fingerprint density at radius 1 is 0.967 bits per heavy atom. The van der Waals surface area contributed by atoms with E-state index in [-0.39, 0.29) is 48.2 Å². The van der Waals surface area contributed by atoms with Gasteiger partial charge in [0.2, 0.25) is 11.8 Å². The molecular weight excluding hydrogens is 384 g/mol. The number of para-hydroxylation sites is 2. The van der Waals surface area contributed by atoms with E-state index in [2.05, 4.69) is 10.9 Å². The standard InChI is InChI=1S/C22H28N4O4/c23-25-21(29)15-8-5-9-16(12-15)22(30)26(14-18-7-2-4-11-20(18)28)24-13-17-6-1-3-10-19(17)27/h1-4,6-7,10-11,15-16,24,27-28H,5,8-9,12-14,23H2,(H,25,29). The molecule has 30 heavy (non-hydrogen) atoms. The number of hydrogen-bond donors (Lipinski definition) is 5. The van der Waals surface area contributed by atoms with Crippen LogP contribution in [0.2, 0.25) is 0 Å². The Labute approximate surface area is 175 Å². The number of nitrogens with two attached hydrogens (primary N) is 1. The van der Waals surface area contributed by atoms with Crippen molar-refractivity contribution in [3.63, 3.8) is 0 Å². The highest BCUT2D eigenvalue weighted by Gasteiger charge is 2.33. The Balaban J connectivity index is 1.77. The lowest BCUT2D eigenvalue weighted by Crippen LogP contribution is -2.47. The minimum Gasteiger partial charge on any atom is -0.508 e. The smallest absolute Gasteiger partial charge is 0.240 e. The van der Waals surface area contributed by atoms with E-state index in [0.717, 1.165) is 6.42 Å². The molecule has 1 aliphatic carbocycles. The lowest BCUT2D eigenvalue weighted by atomic mass is 9.80. The highest BCUT2D eigenvalue weighted by molar-refractivity contribution is 5.82. The van der Waals surface area contributed by atoms with E-state index >= 15 is 0 Å². The van der Waals surface area contributed by atoms with Crippen molar-refractivity contribution in [2.75, 3.05) is 0 Å². The Bertz CT molecular complexity index is 889. The lowest BCUT2D eigenvalue weighted by molar-refractivity contribution is -0.142. The van der Waals surface area contributed by atoms with E-state index in [1.54, 1.807) is 42.5 Å². The summed E-state index contributed by atoms with van der Waals surface area (Å²) < 4.78 is 0. The highest BCUT2D eigenvalue weighted by atomic mass is 16.3. The molecule has 0 aliphatic heterocycles. The second kappa shape index (κ2) is 10.1. The number of carbonyl (C=O) groups is 2. The zero-order chi connectivity index (χ0) is 21.5. The minimum atomic E-state index is -0.330. The number of nitrogens with one attached hydrogen (secondary N) is 2. The van der Waals surface area contributed by atoms with Gasteiger partial charge < -0.3 is 10.2 Å². The molecule has 2 atom stereocenters. The molecule has 0 saturated heterocycles. The molecule has 6 N–H and O–H groups in total. The van der Waals surface area contributed by atoms with Crippen LogP contribution in [0.3, 0.4) is 0 Å². The molecule has 0 heterocycles. The number of aromatic hydroxyl groups is 2. The van der Waals surface area contributed by atoms with Gasteiger partial charge in [-0.25, -0.2) is 11.3 Å². The summed E-state index contributed by atoms with van der Waals surface area (Å²) in [6.45, 7) is 0.398. The number of phenolic OH excluding ortho intramolecular Hbond substituents is 2. The van der Waals surface area contributed by atoms with Crippen LogP contribution in [0.25, 0.3) is 0 Å². The number of benzene rings is 2. The van der Waals surface area contributed by atoms with Crippen LogP contribution in [0.15, 0.2) is 48.5 Å². The molecule has 1 saturated carbocycles. The third-order valence-corrected chi connectivity index (χ3v) is 5.57. The third-order valence-electron chi connectivity index (χ3n) is 5.57. The number of carbonyl (C=O) groups excluding carboxylic acids is 2. The van der Waals surface area contributed by atoms with Gasteiger partial charge in [0, 0.05) is 29.5 Å². The molecule has 2 aromatic rings. The fourth-order valence-electron chi connectivity index (χ4n) is 3.86. The van der Waals surface area contributed by atoms with E-state index in [4.69, 9.17) is 5.84 Å². The zero-order valence-electron chi connectivity index (χ0n) is 16.8. The largest absolute Gasteiger partial charge is 0.508 e. The molecule has 8 heteroatoms. The second-order valence-electron chi connectivity index (χ2n) is 7.59. The quantitative estimate of drug-likeness (QED) is 0.269. The van der Waals surface area contributed by atoms with Gasteiger partial charge in [-0.2, -0.15) is 0 Å². The maximum absolute atomic E-state index is 13.3. The summed E-state index contributed by atoms with van der Waals surface area (Å²) >= 11 is 0. The Hall–Kier alpha value is -3.10. The van der Waals surface area contributed by atoms with Crippen molar-refractivity contribution < 1.29 is 19.8 Å². The molecule has 0 spiro atoms. The van der Waals surface area contributed by atoms with Crippen LogP contribution in [0.1, 0.15) is 36.8 Å². The minimum absolute atomic E-state index is 0.101. The van der Waals surface area contributed by atoms with Crippen molar-refractivity contribution in [1.29, 1.82) is 0 Å². The van der Waals surface area contributed by atoms with Crippen molar-refractivity contribution in [1.82, 2.24) is 15.9 Å². The lowest BCUT2D eigenvalue weighted by Gasteiger charge is -2.32. The van der Waals surface area contributed by atoms with Crippen LogP contribution >= 0.6 is 0 Å². The maximum atomic E-state index is 13.3. The Morgan fingerprint density at radius 3 is 2.20 bits per heavy atom. The fourth-order valence-corrected chi connectivity index (χ4v) is 3.86. The van der Waals surface area contributed by atoms with Gasteiger partial charge in [0.1, 0.15) is 11.5 Å². The molecule has 0 bridgehead atoms. The van der Waals surface area contributed by atoms with Gasteiger partial charge in [0.15, 0.2) is 0 Å². The second-order valence-corrected chi connectivity index (χ2v) is 7.59. The normalized spacial score (nSPS) is 18.6. The zero-order valence-corrected chi connectivity index (χ0v) is 16.8. The number of nitrogens with zero attached hydrogens (tertiary/aromatic N) is 1. The van der Waals surface area contributed by atoms with Gasteiger partial charge in [-0.1, -0.05) is 42.8 Å². The van der Waals surface area contributed by atoms with Crippen LogP contribution in [0.5, 0.6) is 11.5 Å².